The first kappa shape index (κ1) is 34.3. The predicted molar refractivity (Wildman–Crippen MR) is 247 cm³/mol. The van der Waals surface area contributed by atoms with Gasteiger partial charge in [0.2, 0.25) is 0 Å². The third kappa shape index (κ3) is 4.63. The van der Waals surface area contributed by atoms with Crippen molar-refractivity contribution >= 4 is 17.1 Å². The predicted octanol–water partition coefficient (Wildman–Crippen LogP) is 15.4. The molecule has 0 saturated heterocycles. The highest BCUT2D eigenvalue weighted by Gasteiger charge is 2.53. The van der Waals surface area contributed by atoms with E-state index >= 15 is 0 Å². The molecule has 0 unspecified atom stereocenters. The minimum Gasteiger partial charge on any atom is -0.449 e. The number of ether oxygens (including phenoxy) is 2. The van der Waals surface area contributed by atoms with Crippen LogP contribution in [0, 0.1) is 0 Å². The van der Waals surface area contributed by atoms with E-state index in [0.29, 0.717) is 11.5 Å². The number of benzene rings is 9. The highest BCUT2D eigenvalue weighted by atomic mass is 16.6. The van der Waals surface area contributed by atoms with Gasteiger partial charge in [0.05, 0.1) is 11.1 Å². The van der Waals surface area contributed by atoms with Crippen LogP contribution >= 0.6 is 0 Å². The molecule has 9 aromatic carbocycles. The fourth-order valence-electron chi connectivity index (χ4n) is 11.1. The Morgan fingerprint density at radius 1 is 0.344 bits per heavy atom. The van der Waals surface area contributed by atoms with Crippen LogP contribution in [0.4, 0.5) is 17.1 Å². The van der Waals surface area contributed by atoms with Crippen LogP contribution in [-0.4, -0.2) is 0 Å². The average Bonchev–Trinajstić information content (AvgIpc) is 3.87. The molecule has 1 spiro atoms. The van der Waals surface area contributed by atoms with Crippen LogP contribution < -0.4 is 14.4 Å². The fraction of sp³-hybridized carbons (Fsp3) is 0.0690. The van der Waals surface area contributed by atoms with Gasteiger partial charge in [-0.05, 0) is 121 Å². The highest BCUT2D eigenvalue weighted by molar-refractivity contribution is 5.98. The molecule has 61 heavy (non-hydrogen) atoms. The van der Waals surface area contributed by atoms with Crippen molar-refractivity contribution in [2.24, 2.45) is 0 Å². The summed E-state index contributed by atoms with van der Waals surface area (Å²) in [6.07, 6.45) is 0. The lowest BCUT2D eigenvalue weighted by Crippen LogP contribution is -2.25. The molecule has 4 aliphatic rings. The van der Waals surface area contributed by atoms with Gasteiger partial charge in [-0.1, -0.05) is 159 Å². The van der Waals surface area contributed by atoms with Crippen molar-refractivity contribution in [1.82, 2.24) is 0 Å². The lowest BCUT2D eigenvalue weighted by Gasteiger charge is -2.31. The molecule has 9 aromatic rings. The van der Waals surface area contributed by atoms with E-state index in [1.54, 1.807) is 0 Å². The summed E-state index contributed by atoms with van der Waals surface area (Å²) in [5.41, 5.74) is 20.3. The number of fused-ring (bicyclic) bond motifs is 16. The lowest BCUT2D eigenvalue weighted by atomic mass is 9.70. The minimum absolute atomic E-state index is 0.0526. The number of nitrogens with zero attached hydrogens (tertiary/aromatic N) is 1. The van der Waals surface area contributed by atoms with Gasteiger partial charge in [-0.25, -0.2) is 0 Å². The molecule has 1 heterocycles. The number of hydrogen-bond acceptors (Lipinski definition) is 3. The summed E-state index contributed by atoms with van der Waals surface area (Å²) < 4.78 is 13.9. The van der Waals surface area contributed by atoms with Crippen molar-refractivity contribution in [3.8, 4) is 67.5 Å². The molecule has 3 aliphatic carbocycles. The van der Waals surface area contributed by atoms with Crippen LogP contribution in [0.25, 0.3) is 44.5 Å². The Morgan fingerprint density at radius 2 is 0.869 bits per heavy atom. The fourth-order valence-corrected chi connectivity index (χ4v) is 11.1. The Kier molecular flexibility index (Phi) is 6.99. The van der Waals surface area contributed by atoms with Crippen molar-refractivity contribution in [3.05, 3.63) is 234 Å². The van der Waals surface area contributed by atoms with Crippen LogP contribution in [-0.2, 0) is 10.8 Å². The summed E-state index contributed by atoms with van der Waals surface area (Å²) in [4.78, 5) is 2.29. The lowest BCUT2D eigenvalue weighted by molar-refractivity contribution is 0.360. The molecule has 1 aliphatic heterocycles. The van der Waals surface area contributed by atoms with Crippen LogP contribution in [0.1, 0.15) is 47.2 Å². The van der Waals surface area contributed by atoms with Gasteiger partial charge in [-0.15, -0.1) is 0 Å². The van der Waals surface area contributed by atoms with Gasteiger partial charge in [0.1, 0.15) is 0 Å². The second kappa shape index (κ2) is 12.5. The maximum absolute atomic E-state index is 7.12. The molecule has 0 amide bonds. The second-order valence-corrected chi connectivity index (χ2v) is 17.2. The zero-order valence-corrected chi connectivity index (χ0v) is 33.8. The molecule has 288 valence electrons. The Bertz CT molecular complexity index is 3240. The molecule has 0 radical (unpaired) electrons. The maximum atomic E-state index is 7.12. The third-order valence-electron chi connectivity index (χ3n) is 13.8. The van der Waals surface area contributed by atoms with Crippen LogP contribution in [0.15, 0.2) is 200 Å². The summed E-state index contributed by atoms with van der Waals surface area (Å²) in [7, 11) is 0. The molecule has 0 aromatic heterocycles. The molecule has 13 rings (SSSR count). The number of rotatable bonds is 4. The van der Waals surface area contributed by atoms with Crippen LogP contribution in [0.5, 0.6) is 23.0 Å². The first-order valence-electron chi connectivity index (χ1n) is 21.2. The van der Waals surface area contributed by atoms with E-state index in [1.807, 2.05) is 6.07 Å². The van der Waals surface area contributed by atoms with Crippen molar-refractivity contribution in [1.29, 1.82) is 0 Å². The van der Waals surface area contributed by atoms with E-state index in [9.17, 15) is 0 Å². The van der Waals surface area contributed by atoms with E-state index in [1.165, 1.54) is 72.3 Å². The van der Waals surface area contributed by atoms with E-state index in [-0.39, 0.29) is 5.41 Å². The smallest absolute Gasteiger partial charge is 0.178 e. The maximum Gasteiger partial charge on any atom is 0.178 e. The molecule has 0 fully saturated rings. The topological polar surface area (TPSA) is 21.7 Å². The quantitative estimate of drug-likeness (QED) is 0.177. The summed E-state index contributed by atoms with van der Waals surface area (Å²) in [6, 6.07) is 72.5. The van der Waals surface area contributed by atoms with Gasteiger partial charge in [0.25, 0.3) is 0 Å². The minimum atomic E-state index is -0.461. The van der Waals surface area contributed by atoms with Gasteiger partial charge < -0.3 is 14.4 Å². The average molecular weight is 782 g/mol. The Hall–Kier alpha value is -7.62. The SMILES string of the molecule is CC1(C)c2ccccc2-c2ccc(-c3ccc(N(c4ccccc4)c4ccc5c(c4)Oc4c(ccc6c4-c4ccccc4C64c6ccccc6-c6ccccc64)O5)cc3)cc21. The number of hydrogen-bond donors (Lipinski definition) is 0. The largest absolute Gasteiger partial charge is 0.449 e. The van der Waals surface area contributed by atoms with Crippen molar-refractivity contribution in [3.63, 3.8) is 0 Å². The Morgan fingerprint density at radius 3 is 1.57 bits per heavy atom. The molecule has 0 N–H and O–H groups in total. The summed E-state index contributed by atoms with van der Waals surface area (Å²) >= 11 is 0. The Balaban J connectivity index is 0.900. The number of anilines is 3. The first-order chi connectivity index (χ1) is 30.0. The second-order valence-electron chi connectivity index (χ2n) is 17.2. The normalized spacial score (nSPS) is 14.6. The zero-order chi connectivity index (χ0) is 40.5. The van der Waals surface area contributed by atoms with Crippen LogP contribution in [0.3, 0.4) is 0 Å². The Labute approximate surface area is 355 Å². The van der Waals surface area contributed by atoms with Crippen LogP contribution in [0.2, 0.25) is 0 Å². The summed E-state index contributed by atoms with van der Waals surface area (Å²) in [5.74, 6) is 2.85. The molecule has 0 atom stereocenters. The van der Waals surface area contributed by atoms with Gasteiger partial charge >= 0.3 is 0 Å². The standard InChI is InChI=1S/C58H39NO2/c1-57(2)46-20-10-6-16-41(46)44-30-26-37(34-51(44)57)36-24-27-39(28-25-36)59(38-14-4-3-5-15-38)40-29-32-52-54(35-40)61-56-53(60-52)33-31-50-55(56)45-19-9-13-23-49(45)58(50)47-21-11-7-17-42(47)43-18-8-12-22-48(43)58/h3-35H,1-2H3. The van der Waals surface area contributed by atoms with Gasteiger partial charge in [-0.3, -0.25) is 0 Å². The summed E-state index contributed by atoms with van der Waals surface area (Å²) in [5, 5.41) is 0. The highest BCUT2D eigenvalue weighted by Crippen LogP contribution is 2.66. The van der Waals surface area contributed by atoms with E-state index in [0.717, 1.165) is 34.1 Å². The molecular formula is C58H39NO2. The molecule has 0 saturated carbocycles. The monoisotopic (exact) mass is 781 g/mol. The van der Waals surface area contributed by atoms with E-state index in [2.05, 4.69) is 213 Å². The molecule has 0 bridgehead atoms. The number of para-hydroxylation sites is 1. The van der Waals surface area contributed by atoms with E-state index in [4.69, 9.17) is 9.47 Å². The van der Waals surface area contributed by atoms with Gasteiger partial charge in [0.15, 0.2) is 23.0 Å². The van der Waals surface area contributed by atoms with Gasteiger partial charge in [-0.2, -0.15) is 0 Å². The molecule has 3 heteroatoms. The first-order valence-corrected chi connectivity index (χ1v) is 21.2. The molecule has 3 nitrogen and oxygen atoms in total. The zero-order valence-electron chi connectivity index (χ0n) is 33.8. The van der Waals surface area contributed by atoms with E-state index < -0.39 is 5.41 Å². The van der Waals surface area contributed by atoms with Crippen molar-refractivity contribution < 1.29 is 9.47 Å². The third-order valence-corrected chi connectivity index (χ3v) is 13.8. The van der Waals surface area contributed by atoms with Crippen molar-refractivity contribution in [2.45, 2.75) is 24.7 Å². The molecular weight excluding hydrogens is 743 g/mol. The van der Waals surface area contributed by atoms with Gasteiger partial charge in [0, 0.05) is 28.4 Å². The summed E-state index contributed by atoms with van der Waals surface area (Å²) in [6.45, 7) is 4.68. The van der Waals surface area contributed by atoms with Crippen molar-refractivity contribution in [2.75, 3.05) is 4.90 Å².